The molecule has 1 atom stereocenters. The van der Waals surface area contributed by atoms with Crippen LogP contribution in [0.1, 0.15) is 31.4 Å². The van der Waals surface area contributed by atoms with E-state index in [-0.39, 0.29) is 35.3 Å². The summed E-state index contributed by atoms with van der Waals surface area (Å²) in [5.74, 6) is -0.294. The Morgan fingerprint density at radius 1 is 1.10 bits per heavy atom. The van der Waals surface area contributed by atoms with Crippen molar-refractivity contribution in [2.24, 2.45) is 11.7 Å². The highest BCUT2D eigenvalue weighted by molar-refractivity contribution is 7.89. The third-order valence-electron chi connectivity index (χ3n) is 5.38. The lowest BCUT2D eigenvalue weighted by Gasteiger charge is -2.30. The first-order valence-electron chi connectivity index (χ1n) is 10.1. The van der Waals surface area contributed by atoms with Gasteiger partial charge in [-0.25, -0.2) is 13.1 Å². The SMILES string of the molecule is C[C@@H](NS(=O)(=O)c1ccc(OCC(=O)N2CCC(C(N)=O)CC2)cc1)c1ccccc1. The van der Waals surface area contributed by atoms with E-state index in [2.05, 4.69) is 4.72 Å². The number of likely N-dealkylation sites (tertiary alicyclic amines) is 1. The quantitative estimate of drug-likeness (QED) is 0.643. The number of nitrogens with zero attached hydrogens (tertiary/aromatic N) is 1. The van der Waals surface area contributed by atoms with Gasteiger partial charge in [-0.1, -0.05) is 30.3 Å². The van der Waals surface area contributed by atoms with Crippen LogP contribution in [-0.2, 0) is 19.6 Å². The molecule has 3 N–H and O–H groups in total. The number of benzene rings is 2. The smallest absolute Gasteiger partial charge is 0.260 e. The predicted octanol–water partition coefficient (Wildman–Crippen LogP) is 1.83. The minimum atomic E-state index is -3.70. The Morgan fingerprint density at radius 3 is 2.29 bits per heavy atom. The lowest BCUT2D eigenvalue weighted by Crippen LogP contribution is -2.43. The molecule has 166 valence electrons. The Bertz CT molecular complexity index is 1000. The van der Waals surface area contributed by atoms with E-state index < -0.39 is 10.0 Å². The zero-order chi connectivity index (χ0) is 22.4. The van der Waals surface area contributed by atoms with Crippen molar-refractivity contribution in [3.05, 3.63) is 60.2 Å². The van der Waals surface area contributed by atoms with Crippen molar-refractivity contribution < 1.29 is 22.7 Å². The molecular weight excluding hydrogens is 418 g/mol. The number of nitrogens with two attached hydrogens (primary N) is 1. The summed E-state index contributed by atoms with van der Waals surface area (Å²) in [6.45, 7) is 2.56. The second-order valence-corrected chi connectivity index (χ2v) is 9.29. The minimum Gasteiger partial charge on any atom is -0.484 e. The summed E-state index contributed by atoms with van der Waals surface area (Å²) < 4.78 is 33.4. The molecule has 0 saturated carbocycles. The van der Waals surface area contributed by atoms with Crippen LogP contribution in [-0.4, -0.2) is 44.8 Å². The van der Waals surface area contributed by atoms with E-state index in [9.17, 15) is 18.0 Å². The van der Waals surface area contributed by atoms with Gasteiger partial charge in [0.1, 0.15) is 5.75 Å². The molecule has 0 aromatic heterocycles. The Labute approximate surface area is 182 Å². The Kier molecular flexibility index (Phi) is 7.29. The molecule has 1 fully saturated rings. The summed E-state index contributed by atoms with van der Waals surface area (Å²) >= 11 is 0. The van der Waals surface area contributed by atoms with Crippen molar-refractivity contribution in [1.82, 2.24) is 9.62 Å². The molecule has 0 unspecified atom stereocenters. The van der Waals surface area contributed by atoms with E-state index in [0.29, 0.717) is 31.7 Å². The fourth-order valence-electron chi connectivity index (χ4n) is 3.48. The first-order chi connectivity index (χ1) is 14.8. The monoisotopic (exact) mass is 445 g/mol. The van der Waals surface area contributed by atoms with Crippen molar-refractivity contribution in [3.63, 3.8) is 0 Å². The van der Waals surface area contributed by atoms with Gasteiger partial charge in [0.2, 0.25) is 15.9 Å². The summed E-state index contributed by atoms with van der Waals surface area (Å²) in [6, 6.07) is 14.9. The molecule has 1 saturated heterocycles. The highest BCUT2D eigenvalue weighted by Crippen LogP contribution is 2.20. The molecule has 2 amide bonds. The lowest BCUT2D eigenvalue weighted by molar-refractivity contribution is -0.136. The molecule has 3 rings (SSSR count). The van der Waals surface area contributed by atoms with Gasteiger partial charge < -0.3 is 15.4 Å². The van der Waals surface area contributed by atoms with E-state index in [4.69, 9.17) is 10.5 Å². The van der Waals surface area contributed by atoms with Gasteiger partial charge >= 0.3 is 0 Å². The average Bonchev–Trinajstić information content (AvgIpc) is 2.78. The highest BCUT2D eigenvalue weighted by atomic mass is 32.2. The van der Waals surface area contributed by atoms with Gasteiger partial charge in [0.15, 0.2) is 6.61 Å². The van der Waals surface area contributed by atoms with Crippen molar-refractivity contribution >= 4 is 21.8 Å². The number of hydrogen-bond donors (Lipinski definition) is 2. The largest absolute Gasteiger partial charge is 0.484 e. The fourth-order valence-corrected chi connectivity index (χ4v) is 4.71. The number of nitrogens with one attached hydrogen (secondary N) is 1. The fraction of sp³-hybridized carbons (Fsp3) is 0.364. The van der Waals surface area contributed by atoms with Crippen LogP contribution >= 0.6 is 0 Å². The molecule has 0 bridgehead atoms. The van der Waals surface area contributed by atoms with E-state index in [1.54, 1.807) is 11.8 Å². The number of primary amides is 1. The molecule has 0 spiro atoms. The van der Waals surface area contributed by atoms with Crippen molar-refractivity contribution in [3.8, 4) is 5.75 Å². The summed E-state index contributed by atoms with van der Waals surface area (Å²) in [5.41, 5.74) is 6.17. The number of sulfonamides is 1. The molecule has 31 heavy (non-hydrogen) atoms. The summed E-state index contributed by atoms with van der Waals surface area (Å²) in [6.07, 6.45) is 1.12. The number of hydrogen-bond acceptors (Lipinski definition) is 5. The van der Waals surface area contributed by atoms with Gasteiger partial charge in [0, 0.05) is 25.0 Å². The molecule has 1 aliphatic heterocycles. The van der Waals surface area contributed by atoms with Crippen LogP contribution in [0.25, 0.3) is 0 Å². The maximum atomic E-state index is 12.6. The topological polar surface area (TPSA) is 119 Å². The van der Waals surface area contributed by atoms with Gasteiger partial charge in [-0.05, 0) is 49.6 Å². The number of carbonyl (C=O) groups excluding carboxylic acids is 2. The highest BCUT2D eigenvalue weighted by Gasteiger charge is 2.26. The summed E-state index contributed by atoms with van der Waals surface area (Å²) in [4.78, 5) is 25.3. The van der Waals surface area contributed by atoms with E-state index in [1.165, 1.54) is 24.3 Å². The average molecular weight is 446 g/mol. The van der Waals surface area contributed by atoms with Crippen LogP contribution in [0.15, 0.2) is 59.5 Å². The second kappa shape index (κ2) is 9.93. The van der Waals surface area contributed by atoms with Gasteiger partial charge in [-0.2, -0.15) is 0 Å². The van der Waals surface area contributed by atoms with Gasteiger partial charge in [-0.15, -0.1) is 0 Å². The Balaban J connectivity index is 1.53. The van der Waals surface area contributed by atoms with E-state index in [1.807, 2.05) is 30.3 Å². The van der Waals surface area contributed by atoms with Gasteiger partial charge in [0.05, 0.1) is 4.90 Å². The van der Waals surface area contributed by atoms with Crippen molar-refractivity contribution in [2.45, 2.75) is 30.7 Å². The maximum Gasteiger partial charge on any atom is 0.260 e. The third kappa shape index (κ3) is 6.05. The number of amides is 2. The van der Waals surface area contributed by atoms with Crippen LogP contribution in [0, 0.1) is 5.92 Å². The van der Waals surface area contributed by atoms with Gasteiger partial charge in [-0.3, -0.25) is 9.59 Å². The molecule has 0 radical (unpaired) electrons. The van der Waals surface area contributed by atoms with Crippen LogP contribution in [0.4, 0.5) is 0 Å². The van der Waals surface area contributed by atoms with Crippen LogP contribution in [0.2, 0.25) is 0 Å². The maximum absolute atomic E-state index is 12.6. The molecule has 2 aromatic carbocycles. The number of carbonyl (C=O) groups is 2. The Morgan fingerprint density at radius 2 is 1.71 bits per heavy atom. The molecule has 8 nitrogen and oxygen atoms in total. The molecular formula is C22H27N3O5S. The molecule has 2 aromatic rings. The molecule has 1 aliphatic rings. The lowest BCUT2D eigenvalue weighted by atomic mass is 9.96. The summed E-state index contributed by atoms with van der Waals surface area (Å²) in [7, 11) is -3.70. The minimum absolute atomic E-state index is 0.113. The number of piperidine rings is 1. The van der Waals surface area contributed by atoms with Crippen LogP contribution < -0.4 is 15.2 Å². The van der Waals surface area contributed by atoms with E-state index in [0.717, 1.165) is 5.56 Å². The molecule has 0 aliphatic carbocycles. The first kappa shape index (κ1) is 22.8. The Hall–Kier alpha value is -2.91. The third-order valence-corrected chi connectivity index (χ3v) is 6.93. The zero-order valence-corrected chi connectivity index (χ0v) is 18.2. The summed E-state index contributed by atoms with van der Waals surface area (Å²) in [5, 5.41) is 0. The second-order valence-electron chi connectivity index (χ2n) is 7.57. The normalized spacial score (nSPS) is 16.0. The van der Waals surface area contributed by atoms with E-state index >= 15 is 0 Å². The molecule has 9 heteroatoms. The zero-order valence-electron chi connectivity index (χ0n) is 17.4. The number of ether oxygens (including phenoxy) is 1. The van der Waals surface area contributed by atoms with Crippen molar-refractivity contribution in [2.75, 3.05) is 19.7 Å². The standard InChI is InChI=1S/C22H27N3O5S/c1-16(17-5-3-2-4-6-17)24-31(28,29)20-9-7-19(8-10-20)30-15-21(26)25-13-11-18(12-14-25)22(23)27/h2-10,16,18,24H,11-15H2,1H3,(H2,23,27)/t16-/m1/s1. The first-order valence-corrected chi connectivity index (χ1v) is 11.6. The predicted molar refractivity (Wildman–Crippen MR) is 116 cm³/mol. The van der Waals surface area contributed by atoms with Crippen molar-refractivity contribution in [1.29, 1.82) is 0 Å². The van der Waals surface area contributed by atoms with Crippen LogP contribution in [0.3, 0.4) is 0 Å². The number of rotatable bonds is 8. The van der Waals surface area contributed by atoms with Gasteiger partial charge in [0.25, 0.3) is 5.91 Å². The van der Waals surface area contributed by atoms with Crippen LogP contribution in [0.5, 0.6) is 5.75 Å². The molecule has 1 heterocycles.